The molecule has 1 fully saturated rings. The molecule has 1 saturated heterocycles. The number of nitrogens with zero attached hydrogens (tertiary/aromatic N) is 4. The molecule has 1 aliphatic rings. The Bertz CT molecular complexity index is 870. The molecule has 0 saturated carbocycles. The zero-order valence-corrected chi connectivity index (χ0v) is 19.3. The quantitative estimate of drug-likeness (QED) is 0.451. The highest BCUT2D eigenvalue weighted by atomic mass is 32.2. The van der Waals surface area contributed by atoms with E-state index in [2.05, 4.69) is 10.2 Å². The van der Waals surface area contributed by atoms with Gasteiger partial charge >= 0.3 is 0 Å². The van der Waals surface area contributed by atoms with Crippen LogP contribution in [0.1, 0.15) is 30.7 Å². The van der Waals surface area contributed by atoms with Crippen LogP contribution >= 0.6 is 11.8 Å². The Kier molecular flexibility index (Phi) is 9.51. The van der Waals surface area contributed by atoms with Crippen LogP contribution < -0.4 is 5.73 Å². The summed E-state index contributed by atoms with van der Waals surface area (Å²) >= 11 is 1.35. The Hall–Kier alpha value is -2.43. The number of rotatable bonds is 13. The SMILES string of the molecule is COCCN(Cc1ccccc1)C(=O)CSc1nnc(CCC(N)=O)n1CC1CCCO1. The standard InChI is InChI=1S/C22H31N5O4S/c1-30-13-11-26(14-17-6-3-2-4-7-17)21(29)16-32-22-25-24-20(10-9-19(23)28)27(22)15-18-8-5-12-31-18/h2-4,6-7,18H,5,8-16H2,1H3,(H2,23,28). The summed E-state index contributed by atoms with van der Waals surface area (Å²) in [6, 6.07) is 9.89. The highest BCUT2D eigenvalue weighted by Gasteiger charge is 2.22. The molecule has 2 aromatic rings. The van der Waals surface area contributed by atoms with Gasteiger partial charge in [0, 0.05) is 39.6 Å². The molecule has 2 heterocycles. The second-order valence-corrected chi connectivity index (χ2v) is 8.64. The van der Waals surface area contributed by atoms with Crippen LogP contribution in [0.3, 0.4) is 0 Å². The van der Waals surface area contributed by atoms with Crippen LogP contribution in [-0.2, 0) is 38.6 Å². The predicted octanol–water partition coefficient (Wildman–Crippen LogP) is 1.64. The first-order valence-electron chi connectivity index (χ1n) is 10.8. The third-order valence-corrected chi connectivity index (χ3v) is 6.21. The molecule has 1 atom stereocenters. The summed E-state index contributed by atoms with van der Waals surface area (Å²) in [5.41, 5.74) is 6.38. The lowest BCUT2D eigenvalue weighted by molar-refractivity contribution is -0.129. The fraction of sp³-hybridized carbons (Fsp3) is 0.545. The number of aromatic nitrogens is 3. The van der Waals surface area contributed by atoms with Gasteiger partial charge in [-0.25, -0.2) is 0 Å². The number of thioether (sulfide) groups is 1. The van der Waals surface area contributed by atoms with Crippen LogP contribution in [0.25, 0.3) is 0 Å². The average molecular weight is 462 g/mol. The van der Waals surface area contributed by atoms with E-state index in [0.717, 1.165) is 25.0 Å². The molecule has 2 N–H and O–H groups in total. The van der Waals surface area contributed by atoms with Gasteiger partial charge in [0.1, 0.15) is 5.82 Å². The summed E-state index contributed by atoms with van der Waals surface area (Å²) in [4.78, 5) is 26.0. The van der Waals surface area contributed by atoms with Crippen LogP contribution in [0.5, 0.6) is 0 Å². The monoisotopic (exact) mass is 461 g/mol. The predicted molar refractivity (Wildman–Crippen MR) is 121 cm³/mol. The van der Waals surface area contributed by atoms with E-state index in [4.69, 9.17) is 15.2 Å². The molecule has 1 aliphatic heterocycles. The van der Waals surface area contributed by atoms with Crippen molar-refractivity contribution in [2.75, 3.05) is 32.6 Å². The van der Waals surface area contributed by atoms with Gasteiger partial charge in [0.15, 0.2) is 5.16 Å². The summed E-state index contributed by atoms with van der Waals surface area (Å²) in [7, 11) is 1.63. The molecule has 174 valence electrons. The molecular weight excluding hydrogens is 430 g/mol. The zero-order chi connectivity index (χ0) is 22.8. The first kappa shape index (κ1) is 24.2. The number of amides is 2. The Labute approximate surface area is 192 Å². The first-order valence-corrected chi connectivity index (χ1v) is 11.8. The Morgan fingerprint density at radius 1 is 1.31 bits per heavy atom. The van der Waals surface area contributed by atoms with Crippen LogP contribution in [0.4, 0.5) is 0 Å². The molecule has 32 heavy (non-hydrogen) atoms. The highest BCUT2D eigenvalue weighted by Crippen LogP contribution is 2.22. The highest BCUT2D eigenvalue weighted by molar-refractivity contribution is 7.99. The lowest BCUT2D eigenvalue weighted by Crippen LogP contribution is -2.34. The van der Waals surface area contributed by atoms with Gasteiger partial charge in [0.25, 0.3) is 0 Å². The van der Waals surface area contributed by atoms with Crippen molar-refractivity contribution in [1.82, 2.24) is 19.7 Å². The van der Waals surface area contributed by atoms with Crippen molar-refractivity contribution in [2.24, 2.45) is 5.73 Å². The summed E-state index contributed by atoms with van der Waals surface area (Å²) in [6.45, 7) is 2.86. The molecule has 1 unspecified atom stereocenters. The number of nitrogens with two attached hydrogens (primary N) is 1. The summed E-state index contributed by atoms with van der Waals surface area (Å²) in [5, 5.41) is 9.19. The van der Waals surface area contributed by atoms with Crippen molar-refractivity contribution in [1.29, 1.82) is 0 Å². The minimum Gasteiger partial charge on any atom is -0.383 e. The molecule has 1 aromatic heterocycles. The smallest absolute Gasteiger partial charge is 0.233 e. The Morgan fingerprint density at radius 3 is 2.81 bits per heavy atom. The number of benzene rings is 1. The van der Waals surface area contributed by atoms with Gasteiger partial charge < -0.3 is 24.7 Å². The van der Waals surface area contributed by atoms with E-state index >= 15 is 0 Å². The van der Waals surface area contributed by atoms with Crippen molar-refractivity contribution in [2.45, 2.75) is 50.0 Å². The Balaban J connectivity index is 1.67. The number of hydrogen-bond donors (Lipinski definition) is 1. The molecule has 0 spiro atoms. The second kappa shape index (κ2) is 12.6. The summed E-state index contributed by atoms with van der Waals surface area (Å²) in [6.07, 6.45) is 2.70. The molecule has 0 bridgehead atoms. The number of hydrogen-bond acceptors (Lipinski definition) is 7. The largest absolute Gasteiger partial charge is 0.383 e. The molecule has 10 heteroatoms. The molecule has 3 rings (SSSR count). The first-order chi connectivity index (χ1) is 15.6. The average Bonchev–Trinajstić information content (AvgIpc) is 3.44. The van der Waals surface area contributed by atoms with E-state index in [0.29, 0.717) is 43.6 Å². The van der Waals surface area contributed by atoms with E-state index in [9.17, 15) is 9.59 Å². The fourth-order valence-electron chi connectivity index (χ4n) is 3.54. The maximum absolute atomic E-state index is 13.0. The fourth-order valence-corrected chi connectivity index (χ4v) is 4.41. The minimum absolute atomic E-state index is 0.00116. The number of primary amides is 1. The van der Waals surface area contributed by atoms with E-state index in [1.807, 2.05) is 34.9 Å². The zero-order valence-electron chi connectivity index (χ0n) is 18.4. The molecule has 2 amide bonds. The Morgan fingerprint density at radius 2 is 2.12 bits per heavy atom. The third kappa shape index (κ3) is 7.32. The van der Waals surface area contributed by atoms with Crippen LogP contribution in [0, 0.1) is 0 Å². The number of methoxy groups -OCH3 is 1. The van der Waals surface area contributed by atoms with E-state index < -0.39 is 0 Å². The van der Waals surface area contributed by atoms with Gasteiger partial charge in [0.05, 0.1) is 25.0 Å². The van der Waals surface area contributed by atoms with Gasteiger partial charge in [0.2, 0.25) is 11.8 Å². The third-order valence-electron chi connectivity index (χ3n) is 5.26. The number of carbonyl (C=O) groups excluding carboxylic acids is 2. The van der Waals surface area contributed by atoms with Crippen LogP contribution in [0.15, 0.2) is 35.5 Å². The number of ether oxygens (including phenoxy) is 2. The lowest BCUT2D eigenvalue weighted by atomic mass is 10.2. The normalized spacial score (nSPS) is 15.7. The van der Waals surface area contributed by atoms with E-state index in [1.54, 1.807) is 12.0 Å². The lowest BCUT2D eigenvalue weighted by Gasteiger charge is -2.22. The van der Waals surface area contributed by atoms with Gasteiger partial charge in [-0.2, -0.15) is 0 Å². The number of aryl methyl sites for hydroxylation is 1. The van der Waals surface area contributed by atoms with E-state index in [1.165, 1.54) is 11.8 Å². The minimum atomic E-state index is -0.379. The van der Waals surface area contributed by atoms with Crippen molar-refractivity contribution in [3.8, 4) is 0 Å². The van der Waals surface area contributed by atoms with Gasteiger partial charge in [-0.05, 0) is 18.4 Å². The molecular formula is C22H31N5O4S. The van der Waals surface area contributed by atoms with Crippen LogP contribution in [-0.4, -0.2) is 70.2 Å². The topological polar surface area (TPSA) is 113 Å². The second-order valence-electron chi connectivity index (χ2n) is 7.69. The van der Waals surface area contributed by atoms with Crippen LogP contribution in [0.2, 0.25) is 0 Å². The van der Waals surface area contributed by atoms with Gasteiger partial charge in [-0.15, -0.1) is 10.2 Å². The number of carbonyl (C=O) groups is 2. The molecule has 9 nitrogen and oxygen atoms in total. The molecule has 0 aliphatic carbocycles. The summed E-state index contributed by atoms with van der Waals surface area (Å²) in [5.74, 6) is 0.544. The van der Waals surface area contributed by atoms with Crippen molar-refractivity contribution < 1.29 is 19.1 Å². The van der Waals surface area contributed by atoms with Crippen molar-refractivity contribution in [3.63, 3.8) is 0 Å². The van der Waals surface area contributed by atoms with Crippen molar-refractivity contribution >= 4 is 23.6 Å². The summed E-state index contributed by atoms with van der Waals surface area (Å²) < 4.78 is 12.9. The van der Waals surface area contributed by atoms with Gasteiger partial charge in [-0.1, -0.05) is 42.1 Å². The maximum Gasteiger partial charge on any atom is 0.233 e. The van der Waals surface area contributed by atoms with Crippen molar-refractivity contribution in [3.05, 3.63) is 41.7 Å². The maximum atomic E-state index is 13.0. The molecule has 0 radical (unpaired) electrons. The van der Waals surface area contributed by atoms with Gasteiger partial charge in [-0.3, -0.25) is 9.59 Å². The molecule has 1 aromatic carbocycles. The van der Waals surface area contributed by atoms with E-state index in [-0.39, 0.29) is 30.1 Å².